The Morgan fingerprint density at radius 3 is 2.80 bits per heavy atom. The molecule has 0 spiro atoms. The third-order valence-corrected chi connectivity index (χ3v) is 3.04. The van der Waals surface area contributed by atoms with Gasteiger partial charge in [0, 0.05) is 19.5 Å². The Kier molecular flexibility index (Phi) is 5.09. The van der Waals surface area contributed by atoms with Crippen molar-refractivity contribution in [1.82, 2.24) is 4.90 Å². The van der Waals surface area contributed by atoms with Crippen molar-refractivity contribution < 1.29 is 9.90 Å². The van der Waals surface area contributed by atoms with E-state index in [1.807, 2.05) is 4.90 Å². The second-order valence-corrected chi connectivity index (χ2v) is 4.60. The van der Waals surface area contributed by atoms with Crippen molar-refractivity contribution in [2.24, 2.45) is 5.92 Å². The first kappa shape index (κ1) is 12.5. The number of carbonyl (C=O) groups excluding carboxylic acids is 1. The van der Waals surface area contributed by atoms with E-state index in [1.165, 1.54) is 0 Å². The van der Waals surface area contributed by atoms with Gasteiger partial charge in [-0.05, 0) is 18.8 Å². The van der Waals surface area contributed by atoms with E-state index in [1.54, 1.807) is 0 Å². The number of nitrogens with zero attached hydrogens (tertiary/aromatic N) is 1. The van der Waals surface area contributed by atoms with E-state index in [0.717, 1.165) is 32.2 Å². The van der Waals surface area contributed by atoms with E-state index in [2.05, 4.69) is 13.8 Å². The van der Waals surface area contributed by atoms with Gasteiger partial charge in [0.1, 0.15) is 0 Å². The van der Waals surface area contributed by atoms with Crippen LogP contribution < -0.4 is 0 Å². The van der Waals surface area contributed by atoms with Crippen LogP contribution in [0.2, 0.25) is 0 Å². The molecule has 88 valence electrons. The van der Waals surface area contributed by atoms with Crippen molar-refractivity contribution in [1.29, 1.82) is 0 Å². The maximum Gasteiger partial charge on any atom is 0.223 e. The molecule has 1 rings (SSSR count). The lowest BCUT2D eigenvalue weighted by Gasteiger charge is -2.20. The van der Waals surface area contributed by atoms with Crippen LogP contribution in [0, 0.1) is 5.92 Å². The molecule has 3 nitrogen and oxygen atoms in total. The lowest BCUT2D eigenvalue weighted by atomic mass is 10.0. The Bertz CT molecular complexity index is 206. The zero-order chi connectivity index (χ0) is 11.3. The number of aliphatic hydroxyl groups excluding tert-OH is 1. The summed E-state index contributed by atoms with van der Waals surface area (Å²) in [6.45, 7) is 5.59. The quantitative estimate of drug-likeness (QED) is 0.731. The summed E-state index contributed by atoms with van der Waals surface area (Å²) in [4.78, 5) is 13.4. The number of amides is 1. The fraction of sp³-hybridized carbons (Fsp3) is 0.917. The van der Waals surface area contributed by atoms with E-state index in [0.29, 0.717) is 18.9 Å². The van der Waals surface area contributed by atoms with Gasteiger partial charge in [0.25, 0.3) is 0 Å². The SMILES string of the molecule is CCCC(O)CN1CC(CCC)CC1=O. The zero-order valence-corrected chi connectivity index (χ0v) is 9.91. The Morgan fingerprint density at radius 1 is 1.47 bits per heavy atom. The first-order valence-corrected chi connectivity index (χ1v) is 6.13. The topological polar surface area (TPSA) is 40.5 Å². The highest BCUT2D eigenvalue weighted by molar-refractivity contribution is 5.78. The molecule has 1 amide bonds. The van der Waals surface area contributed by atoms with Crippen LogP contribution in [-0.4, -0.2) is 35.1 Å². The minimum Gasteiger partial charge on any atom is -0.391 e. The number of hydrogen-bond acceptors (Lipinski definition) is 2. The predicted octanol–water partition coefficient (Wildman–Crippen LogP) is 1.80. The molecule has 1 N–H and O–H groups in total. The van der Waals surface area contributed by atoms with Gasteiger partial charge in [0.2, 0.25) is 5.91 Å². The standard InChI is InChI=1S/C12H23NO2/c1-3-5-10-7-12(15)13(8-10)9-11(14)6-4-2/h10-11,14H,3-9H2,1-2H3. The lowest BCUT2D eigenvalue weighted by Crippen LogP contribution is -2.33. The van der Waals surface area contributed by atoms with Crippen LogP contribution in [-0.2, 0) is 4.79 Å². The Morgan fingerprint density at radius 2 is 2.20 bits per heavy atom. The Balaban J connectivity index is 2.33. The Hall–Kier alpha value is -0.570. The summed E-state index contributed by atoms with van der Waals surface area (Å²) in [5, 5.41) is 9.65. The third kappa shape index (κ3) is 3.82. The first-order chi connectivity index (χ1) is 7.17. The van der Waals surface area contributed by atoms with E-state index < -0.39 is 0 Å². The normalized spacial score (nSPS) is 23.5. The van der Waals surface area contributed by atoms with Gasteiger partial charge in [0.05, 0.1) is 6.10 Å². The molecule has 1 aliphatic heterocycles. The van der Waals surface area contributed by atoms with Gasteiger partial charge >= 0.3 is 0 Å². The second kappa shape index (κ2) is 6.11. The summed E-state index contributed by atoms with van der Waals surface area (Å²) >= 11 is 0. The number of β-amino-alcohol motifs (C(OH)–C–C–N with tert-alkyl or cyclic N) is 1. The minimum atomic E-state index is -0.334. The van der Waals surface area contributed by atoms with E-state index in [-0.39, 0.29) is 12.0 Å². The van der Waals surface area contributed by atoms with Crippen molar-refractivity contribution in [3.8, 4) is 0 Å². The van der Waals surface area contributed by atoms with Crippen LogP contribution in [0.1, 0.15) is 46.0 Å². The van der Waals surface area contributed by atoms with E-state index in [9.17, 15) is 9.90 Å². The molecule has 1 fully saturated rings. The lowest BCUT2D eigenvalue weighted by molar-refractivity contribution is -0.129. The van der Waals surface area contributed by atoms with Crippen LogP contribution >= 0.6 is 0 Å². The number of hydrogen-bond donors (Lipinski definition) is 1. The summed E-state index contributed by atoms with van der Waals surface area (Å²) in [7, 11) is 0. The molecule has 3 heteroatoms. The van der Waals surface area contributed by atoms with Gasteiger partial charge in [0.15, 0.2) is 0 Å². The summed E-state index contributed by atoms with van der Waals surface area (Å²) in [6.07, 6.45) is 4.39. The van der Waals surface area contributed by atoms with Gasteiger partial charge in [-0.2, -0.15) is 0 Å². The van der Waals surface area contributed by atoms with Gasteiger partial charge in [-0.15, -0.1) is 0 Å². The van der Waals surface area contributed by atoms with E-state index in [4.69, 9.17) is 0 Å². The molecule has 0 radical (unpaired) electrons. The van der Waals surface area contributed by atoms with Gasteiger partial charge in [-0.25, -0.2) is 0 Å². The summed E-state index contributed by atoms with van der Waals surface area (Å²) < 4.78 is 0. The molecule has 0 aromatic heterocycles. The van der Waals surface area contributed by atoms with Crippen molar-refractivity contribution >= 4 is 5.91 Å². The van der Waals surface area contributed by atoms with E-state index >= 15 is 0 Å². The average molecular weight is 213 g/mol. The summed E-state index contributed by atoms with van der Waals surface area (Å²) in [5.41, 5.74) is 0. The fourth-order valence-corrected chi connectivity index (χ4v) is 2.31. The minimum absolute atomic E-state index is 0.226. The van der Waals surface area contributed by atoms with Crippen molar-refractivity contribution in [3.05, 3.63) is 0 Å². The zero-order valence-electron chi connectivity index (χ0n) is 9.91. The molecular weight excluding hydrogens is 190 g/mol. The molecule has 1 heterocycles. The molecule has 0 aliphatic carbocycles. The molecule has 0 saturated carbocycles. The van der Waals surface area contributed by atoms with Crippen molar-refractivity contribution in [2.45, 2.75) is 52.1 Å². The molecule has 1 aliphatic rings. The van der Waals surface area contributed by atoms with Crippen molar-refractivity contribution in [2.75, 3.05) is 13.1 Å². The summed E-state index contributed by atoms with van der Waals surface area (Å²) in [5.74, 6) is 0.750. The maximum absolute atomic E-state index is 11.6. The molecule has 15 heavy (non-hydrogen) atoms. The highest BCUT2D eigenvalue weighted by Crippen LogP contribution is 2.22. The van der Waals surface area contributed by atoms with Crippen LogP contribution in [0.25, 0.3) is 0 Å². The Labute approximate surface area is 92.5 Å². The molecule has 0 aromatic rings. The number of rotatable bonds is 6. The smallest absolute Gasteiger partial charge is 0.223 e. The molecular formula is C12H23NO2. The molecule has 1 saturated heterocycles. The predicted molar refractivity (Wildman–Crippen MR) is 60.5 cm³/mol. The maximum atomic E-state index is 11.6. The fourth-order valence-electron chi connectivity index (χ4n) is 2.31. The highest BCUT2D eigenvalue weighted by Gasteiger charge is 2.29. The van der Waals surface area contributed by atoms with Gasteiger partial charge in [-0.1, -0.05) is 26.7 Å². The van der Waals surface area contributed by atoms with Crippen LogP contribution in [0.5, 0.6) is 0 Å². The number of likely N-dealkylation sites (tertiary alicyclic amines) is 1. The third-order valence-electron chi connectivity index (χ3n) is 3.04. The average Bonchev–Trinajstić information content (AvgIpc) is 2.48. The summed E-state index contributed by atoms with van der Waals surface area (Å²) in [6, 6.07) is 0. The van der Waals surface area contributed by atoms with Crippen molar-refractivity contribution in [3.63, 3.8) is 0 Å². The molecule has 2 unspecified atom stereocenters. The van der Waals surface area contributed by atoms with Gasteiger partial charge in [-0.3, -0.25) is 4.79 Å². The van der Waals surface area contributed by atoms with Crippen LogP contribution in [0.4, 0.5) is 0 Å². The molecule has 2 atom stereocenters. The first-order valence-electron chi connectivity index (χ1n) is 6.13. The van der Waals surface area contributed by atoms with Gasteiger partial charge < -0.3 is 10.0 Å². The second-order valence-electron chi connectivity index (χ2n) is 4.60. The monoisotopic (exact) mass is 213 g/mol. The molecule has 0 bridgehead atoms. The van der Waals surface area contributed by atoms with Crippen LogP contribution in [0.15, 0.2) is 0 Å². The number of aliphatic hydroxyl groups is 1. The number of carbonyl (C=O) groups is 1. The highest BCUT2D eigenvalue weighted by atomic mass is 16.3. The largest absolute Gasteiger partial charge is 0.391 e. The van der Waals surface area contributed by atoms with Crippen LogP contribution in [0.3, 0.4) is 0 Å². The molecule has 0 aromatic carbocycles.